The first-order chi connectivity index (χ1) is 9.71. The summed E-state index contributed by atoms with van der Waals surface area (Å²) in [6.45, 7) is 5.33. The number of carboxylic acid groups (broad SMARTS) is 1. The summed E-state index contributed by atoms with van der Waals surface area (Å²) in [7, 11) is -3.45. The van der Waals surface area contributed by atoms with E-state index in [1.54, 1.807) is 13.8 Å². The lowest BCUT2D eigenvalue weighted by Gasteiger charge is -2.05. The van der Waals surface area contributed by atoms with Gasteiger partial charge in [0.15, 0.2) is 9.84 Å². The Morgan fingerprint density at radius 1 is 1.29 bits per heavy atom. The Hall–Kier alpha value is -1.41. The lowest BCUT2D eigenvalue weighted by Crippen LogP contribution is -2.25. The molecule has 1 rings (SSSR count). The molecule has 0 aliphatic rings. The Morgan fingerprint density at radius 3 is 2.38 bits per heavy atom. The summed E-state index contributed by atoms with van der Waals surface area (Å²) < 4.78 is 23.2. The molecule has 1 heterocycles. The quantitative estimate of drug-likeness (QED) is 0.795. The van der Waals surface area contributed by atoms with Crippen LogP contribution < -0.4 is 5.32 Å². The molecule has 118 valence electrons. The molecule has 0 unspecified atom stereocenters. The molecule has 1 aromatic rings. The second kappa shape index (κ2) is 7.04. The molecular formula is C13H19NO5S2. The van der Waals surface area contributed by atoms with Gasteiger partial charge in [-0.15, -0.1) is 11.3 Å². The van der Waals surface area contributed by atoms with Crippen molar-refractivity contribution in [3.8, 4) is 0 Å². The number of aromatic carboxylic acids is 1. The molecule has 6 nitrogen and oxygen atoms in total. The molecule has 0 spiro atoms. The highest BCUT2D eigenvalue weighted by Crippen LogP contribution is 2.33. The Kier molecular flexibility index (Phi) is 5.91. The highest BCUT2D eigenvalue weighted by atomic mass is 32.2. The number of hydrogen-bond acceptors (Lipinski definition) is 5. The Labute approximate surface area is 128 Å². The van der Waals surface area contributed by atoms with E-state index in [-0.39, 0.29) is 16.3 Å². The lowest BCUT2D eigenvalue weighted by molar-refractivity contribution is -0.113. The molecule has 0 aromatic carbocycles. The highest BCUT2D eigenvalue weighted by Gasteiger charge is 2.23. The third-order valence-electron chi connectivity index (χ3n) is 2.90. The first kappa shape index (κ1) is 17.6. The molecule has 0 aliphatic carbocycles. The van der Waals surface area contributed by atoms with E-state index >= 15 is 0 Å². The zero-order valence-corrected chi connectivity index (χ0v) is 13.9. The van der Waals surface area contributed by atoms with Crippen LogP contribution >= 0.6 is 11.3 Å². The number of carbonyl (C=O) groups is 2. The SMILES string of the molecule is CCCS(=O)(=O)CC(=O)Nc1sc(C)c(CC)c1C(=O)O. The summed E-state index contributed by atoms with van der Waals surface area (Å²) in [4.78, 5) is 23.9. The van der Waals surface area contributed by atoms with Crippen molar-refractivity contribution in [2.45, 2.75) is 33.6 Å². The van der Waals surface area contributed by atoms with Crippen LogP contribution in [0.3, 0.4) is 0 Å². The standard InChI is InChI=1S/C13H19NO5S2/c1-4-6-21(18,19)7-10(15)14-12-11(13(16)17)9(5-2)8(3)20-12/h4-7H2,1-3H3,(H,14,15)(H,16,17). The van der Waals surface area contributed by atoms with Crippen LogP contribution in [0.25, 0.3) is 0 Å². The van der Waals surface area contributed by atoms with Crippen molar-refractivity contribution < 1.29 is 23.1 Å². The van der Waals surface area contributed by atoms with Crippen LogP contribution in [0.4, 0.5) is 5.00 Å². The first-order valence-corrected chi connectivity index (χ1v) is 9.21. The van der Waals surface area contributed by atoms with E-state index in [9.17, 15) is 23.1 Å². The molecule has 0 fully saturated rings. The van der Waals surface area contributed by atoms with Gasteiger partial charge in [-0.2, -0.15) is 0 Å². The number of thiophene rings is 1. The van der Waals surface area contributed by atoms with Crippen LogP contribution in [-0.2, 0) is 21.1 Å². The maximum Gasteiger partial charge on any atom is 0.339 e. The van der Waals surface area contributed by atoms with Gasteiger partial charge in [-0.1, -0.05) is 13.8 Å². The predicted octanol–water partition coefficient (Wildman–Crippen LogP) is 2.08. The average Bonchev–Trinajstić information content (AvgIpc) is 2.63. The third kappa shape index (κ3) is 4.53. The van der Waals surface area contributed by atoms with Gasteiger partial charge < -0.3 is 10.4 Å². The van der Waals surface area contributed by atoms with Crippen LogP contribution in [0.2, 0.25) is 0 Å². The van der Waals surface area contributed by atoms with Gasteiger partial charge in [0.25, 0.3) is 0 Å². The number of nitrogens with one attached hydrogen (secondary N) is 1. The smallest absolute Gasteiger partial charge is 0.339 e. The molecule has 8 heteroatoms. The molecule has 0 saturated carbocycles. The summed E-state index contributed by atoms with van der Waals surface area (Å²) >= 11 is 1.15. The van der Waals surface area contributed by atoms with Crippen LogP contribution in [0, 0.1) is 6.92 Å². The van der Waals surface area contributed by atoms with Gasteiger partial charge in [-0.05, 0) is 25.3 Å². The zero-order valence-electron chi connectivity index (χ0n) is 12.2. The number of aryl methyl sites for hydroxylation is 1. The van der Waals surface area contributed by atoms with Crippen molar-refractivity contribution in [3.63, 3.8) is 0 Å². The van der Waals surface area contributed by atoms with Gasteiger partial charge in [0.1, 0.15) is 10.8 Å². The first-order valence-electron chi connectivity index (χ1n) is 6.57. The van der Waals surface area contributed by atoms with Crippen LogP contribution in [0.1, 0.15) is 41.1 Å². The minimum absolute atomic E-state index is 0.0567. The summed E-state index contributed by atoms with van der Waals surface area (Å²) in [5.74, 6) is -2.51. The fraction of sp³-hybridized carbons (Fsp3) is 0.538. The van der Waals surface area contributed by atoms with Crippen LogP contribution in [0.5, 0.6) is 0 Å². The maximum atomic E-state index is 11.8. The van der Waals surface area contributed by atoms with E-state index in [2.05, 4.69) is 5.32 Å². The summed E-state index contributed by atoms with van der Waals surface area (Å²) in [6.07, 6.45) is 0.974. The third-order valence-corrected chi connectivity index (χ3v) is 5.69. The van der Waals surface area contributed by atoms with Gasteiger partial charge in [0, 0.05) is 4.88 Å². The molecule has 0 bridgehead atoms. The fourth-order valence-electron chi connectivity index (χ4n) is 2.06. The largest absolute Gasteiger partial charge is 0.478 e. The van der Waals surface area contributed by atoms with Crippen molar-refractivity contribution in [1.29, 1.82) is 0 Å². The van der Waals surface area contributed by atoms with E-state index in [0.717, 1.165) is 16.2 Å². The molecule has 2 N–H and O–H groups in total. The number of amides is 1. The van der Waals surface area contributed by atoms with E-state index in [1.165, 1.54) is 0 Å². The summed E-state index contributed by atoms with van der Waals surface area (Å²) in [5.41, 5.74) is 0.723. The minimum Gasteiger partial charge on any atom is -0.478 e. The van der Waals surface area contributed by atoms with Crippen molar-refractivity contribution in [2.75, 3.05) is 16.8 Å². The van der Waals surface area contributed by atoms with E-state index in [4.69, 9.17) is 0 Å². The van der Waals surface area contributed by atoms with Gasteiger partial charge >= 0.3 is 5.97 Å². The maximum absolute atomic E-state index is 11.8. The summed E-state index contributed by atoms with van der Waals surface area (Å²) in [6, 6.07) is 0. The van der Waals surface area contributed by atoms with Gasteiger partial charge in [0.2, 0.25) is 5.91 Å². The second-order valence-corrected chi connectivity index (χ2v) is 8.05. The van der Waals surface area contributed by atoms with Crippen LogP contribution in [0.15, 0.2) is 0 Å². The van der Waals surface area contributed by atoms with Gasteiger partial charge in [-0.25, -0.2) is 13.2 Å². The normalized spacial score (nSPS) is 11.4. The van der Waals surface area contributed by atoms with E-state index in [0.29, 0.717) is 18.4 Å². The lowest BCUT2D eigenvalue weighted by atomic mass is 10.1. The molecular weight excluding hydrogens is 314 g/mol. The Morgan fingerprint density at radius 2 is 1.90 bits per heavy atom. The van der Waals surface area contributed by atoms with Crippen molar-refractivity contribution in [3.05, 3.63) is 16.0 Å². The second-order valence-electron chi connectivity index (χ2n) is 4.64. The van der Waals surface area contributed by atoms with Crippen LogP contribution in [-0.4, -0.2) is 36.9 Å². The molecule has 0 aliphatic heterocycles. The zero-order chi connectivity index (χ0) is 16.2. The van der Waals surface area contributed by atoms with Gasteiger partial charge in [0.05, 0.1) is 11.3 Å². The molecule has 0 saturated heterocycles. The predicted molar refractivity (Wildman–Crippen MR) is 83.0 cm³/mol. The van der Waals surface area contributed by atoms with E-state index < -0.39 is 27.5 Å². The molecule has 0 atom stereocenters. The summed E-state index contributed by atoms with van der Waals surface area (Å²) in [5, 5.41) is 11.9. The highest BCUT2D eigenvalue weighted by molar-refractivity contribution is 7.92. The molecule has 21 heavy (non-hydrogen) atoms. The number of anilines is 1. The van der Waals surface area contributed by atoms with Crippen molar-refractivity contribution >= 4 is 38.1 Å². The van der Waals surface area contributed by atoms with Crippen molar-refractivity contribution in [2.24, 2.45) is 0 Å². The minimum atomic E-state index is -3.45. The number of rotatable bonds is 7. The number of sulfone groups is 1. The van der Waals surface area contributed by atoms with E-state index in [1.807, 2.05) is 6.92 Å². The molecule has 1 amide bonds. The number of carbonyl (C=O) groups excluding carboxylic acids is 1. The van der Waals surface area contributed by atoms with Gasteiger partial charge in [-0.3, -0.25) is 4.79 Å². The Balaban J connectivity index is 2.99. The topological polar surface area (TPSA) is 101 Å². The Bertz CT molecular complexity index is 646. The average molecular weight is 333 g/mol. The number of hydrogen-bond donors (Lipinski definition) is 2. The molecule has 1 aromatic heterocycles. The number of carboxylic acids is 1. The fourth-order valence-corrected chi connectivity index (χ4v) is 4.46. The molecule has 0 radical (unpaired) electrons. The monoisotopic (exact) mass is 333 g/mol. The van der Waals surface area contributed by atoms with Crippen molar-refractivity contribution in [1.82, 2.24) is 0 Å².